The van der Waals surface area contributed by atoms with E-state index in [1.807, 2.05) is 0 Å². The minimum absolute atomic E-state index is 0.364. The molecular formula is C10H16N2O6. The molecule has 0 bridgehead atoms. The van der Waals surface area contributed by atoms with Crippen LogP contribution in [0.5, 0.6) is 0 Å². The molecule has 8 heteroatoms. The van der Waals surface area contributed by atoms with Crippen molar-refractivity contribution >= 4 is 5.91 Å². The molecule has 2 aliphatic heterocycles. The predicted molar refractivity (Wildman–Crippen MR) is 57.7 cm³/mol. The van der Waals surface area contributed by atoms with Crippen LogP contribution in [0.15, 0.2) is 12.3 Å². The fraction of sp³-hybridized carbons (Fsp3) is 0.700. The summed E-state index contributed by atoms with van der Waals surface area (Å²) in [7, 11) is 1.39. The molecule has 2 heterocycles. The first kappa shape index (κ1) is 13.2. The number of aliphatic hydroxyl groups excluding tert-OH is 3. The average Bonchev–Trinajstić information content (AvgIpc) is 2.65. The molecule has 2 rings (SSSR count). The Hall–Kier alpha value is -1.19. The predicted octanol–water partition coefficient (Wildman–Crippen LogP) is -2.70. The summed E-state index contributed by atoms with van der Waals surface area (Å²) in [5.41, 5.74) is 0. The molecule has 0 aromatic heterocycles. The number of hydrogen-bond donors (Lipinski definition) is 4. The van der Waals surface area contributed by atoms with Crippen LogP contribution < -0.4 is 5.32 Å². The van der Waals surface area contributed by atoms with Gasteiger partial charge >= 0.3 is 0 Å². The molecule has 0 saturated carbocycles. The topological polar surface area (TPSA) is 111 Å². The summed E-state index contributed by atoms with van der Waals surface area (Å²) in [5.74, 6) is -0.426. The zero-order chi connectivity index (χ0) is 13.3. The highest BCUT2D eigenvalue weighted by Crippen LogP contribution is 2.27. The second-order valence-corrected chi connectivity index (χ2v) is 4.08. The number of rotatable bonds is 3. The zero-order valence-corrected chi connectivity index (χ0v) is 9.76. The Morgan fingerprint density at radius 3 is 2.83 bits per heavy atom. The summed E-state index contributed by atoms with van der Waals surface area (Å²) in [6.07, 6.45) is -2.03. The number of amides is 1. The van der Waals surface area contributed by atoms with Crippen molar-refractivity contribution in [2.45, 2.75) is 30.9 Å². The molecule has 0 spiro atoms. The third-order valence-electron chi connectivity index (χ3n) is 3.01. The van der Waals surface area contributed by atoms with Crippen LogP contribution in [-0.2, 0) is 14.3 Å². The summed E-state index contributed by atoms with van der Waals surface area (Å²) in [6.45, 7) is -0.364. The third kappa shape index (κ3) is 2.20. The molecule has 0 radical (unpaired) electrons. The van der Waals surface area contributed by atoms with Crippen molar-refractivity contribution in [3.05, 3.63) is 12.3 Å². The number of nitrogens with one attached hydrogen (secondary N) is 1. The Bertz CT molecular complexity index is 349. The first-order chi connectivity index (χ1) is 8.58. The van der Waals surface area contributed by atoms with Crippen molar-refractivity contribution in [2.24, 2.45) is 0 Å². The standard InChI is InChI=1S/C10H16N2O6/c1-17-8-7(15)5(4-13)18-9(8)12-3-2-6(14)11-10(12)16/h2-3,5,7-10,13,15-16H,4H2,1H3,(H,11,14). The summed E-state index contributed by atoms with van der Waals surface area (Å²) >= 11 is 0. The van der Waals surface area contributed by atoms with Crippen LogP contribution in [0, 0.1) is 0 Å². The number of ether oxygens (including phenoxy) is 2. The van der Waals surface area contributed by atoms with Gasteiger partial charge in [-0.2, -0.15) is 0 Å². The van der Waals surface area contributed by atoms with Gasteiger partial charge in [-0.05, 0) is 0 Å². The molecular weight excluding hydrogens is 244 g/mol. The van der Waals surface area contributed by atoms with Crippen molar-refractivity contribution in [2.75, 3.05) is 13.7 Å². The van der Waals surface area contributed by atoms with E-state index >= 15 is 0 Å². The molecule has 0 aromatic carbocycles. The van der Waals surface area contributed by atoms with E-state index in [4.69, 9.17) is 14.6 Å². The number of aliphatic hydroxyl groups is 3. The van der Waals surface area contributed by atoms with Gasteiger partial charge < -0.3 is 35.0 Å². The third-order valence-corrected chi connectivity index (χ3v) is 3.01. The largest absolute Gasteiger partial charge is 0.394 e. The Kier molecular flexibility index (Phi) is 3.83. The highest BCUT2D eigenvalue weighted by molar-refractivity contribution is 5.88. The Labute approximate surface area is 103 Å². The lowest BCUT2D eigenvalue weighted by atomic mass is 10.1. The normalized spacial score (nSPS) is 40.1. The maximum Gasteiger partial charge on any atom is 0.248 e. The van der Waals surface area contributed by atoms with Gasteiger partial charge in [-0.1, -0.05) is 0 Å². The molecule has 0 aromatic rings. The van der Waals surface area contributed by atoms with Crippen LogP contribution in [0.1, 0.15) is 0 Å². The van der Waals surface area contributed by atoms with E-state index in [0.717, 1.165) is 0 Å². The van der Waals surface area contributed by atoms with Gasteiger partial charge in [0, 0.05) is 19.4 Å². The maximum atomic E-state index is 11.0. The fourth-order valence-corrected chi connectivity index (χ4v) is 2.07. The van der Waals surface area contributed by atoms with E-state index in [9.17, 15) is 15.0 Å². The first-order valence-electron chi connectivity index (χ1n) is 5.50. The number of nitrogens with zero attached hydrogens (tertiary/aromatic N) is 1. The molecule has 1 saturated heterocycles. The van der Waals surface area contributed by atoms with Crippen LogP contribution in [0.3, 0.4) is 0 Å². The summed E-state index contributed by atoms with van der Waals surface area (Å²) in [5, 5.41) is 30.9. The SMILES string of the molecule is COC1C(O)C(CO)OC1N1C=CC(=O)NC1O. The average molecular weight is 260 g/mol. The van der Waals surface area contributed by atoms with Crippen molar-refractivity contribution in [1.82, 2.24) is 10.2 Å². The van der Waals surface area contributed by atoms with Crippen molar-refractivity contribution < 1.29 is 29.6 Å². The highest BCUT2D eigenvalue weighted by Gasteiger charge is 2.47. The van der Waals surface area contributed by atoms with Gasteiger partial charge in [-0.15, -0.1) is 0 Å². The van der Waals surface area contributed by atoms with E-state index in [-0.39, 0.29) is 6.61 Å². The van der Waals surface area contributed by atoms with Crippen LogP contribution >= 0.6 is 0 Å². The fourth-order valence-electron chi connectivity index (χ4n) is 2.07. The Morgan fingerprint density at radius 1 is 1.56 bits per heavy atom. The molecule has 2 aliphatic rings. The van der Waals surface area contributed by atoms with Gasteiger partial charge in [0.1, 0.15) is 18.3 Å². The molecule has 8 nitrogen and oxygen atoms in total. The van der Waals surface area contributed by atoms with Crippen LogP contribution in [0.25, 0.3) is 0 Å². The molecule has 102 valence electrons. The van der Waals surface area contributed by atoms with Crippen molar-refractivity contribution in [3.8, 4) is 0 Å². The minimum atomic E-state index is -1.27. The summed E-state index contributed by atoms with van der Waals surface area (Å²) < 4.78 is 10.5. The van der Waals surface area contributed by atoms with E-state index in [1.54, 1.807) is 0 Å². The van der Waals surface area contributed by atoms with Crippen molar-refractivity contribution in [1.29, 1.82) is 0 Å². The minimum Gasteiger partial charge on any atom is -0.394 e. The molecule has 5 atom stereocenters. The van der Waals surface area contributed by atoms with Gasteiger partial charge in [-0.3, -0.25) is 4.79 Å². The second kappa shape index (κ2) is 5.21. The van der Waals surface area contributed by atoms with Crippen LogP contribution in [-0.4, -0.2) is 70.7 Å². The molecule has 0 aliphatic carbocycles. The maximum absolute atomic E-state index is 11.0. The molecule has 4 N–H and O–H groups in total. The smallest absolute Gasteiger partial charge is 0.248 e. The number of carbonyl (C=O) groups excluding carboxylic acids is 1. The lowest BCUT2D eigenvalue weighted by Crippen LogP contribution is -2.55. The van der Waals surface area contributed by atoms with Gasteiger partial charge in [0.2, 0.25) is 12.3 Å². The Morgan fingerprint density at radius 2 is 2.28 bits per heavy atom. The lowest BCUT2D eigenvalue weighted by molar-refractivity contribution is -0.156. The Balaban J connectivity index is 2.17. The molecule has 1 fully saturated rings. The molecule has 18 heavy (non-hydrogen) atoms. The van der Waals surface area contributed by atoms with Crippen LogP contribution in [0.2, 0.25) is 0 Å². The molecule has 1 amide bonds. The van der Waals surface area contributed by atoms with E-state index in [0.29, 0.717) is 0 Å². The summed E-state index contributed by atoms with van der Waals surface area (Å²) in [4.78, 5) is 12.3. The first-order valence-corrected chi connectivity index (χ1v) is 5.50. The van der Waals surface area contributed by atoms with Gasteiger partial charge in [-0.25, -0.2) is 0 Å². The van der Waals surface area contributed by atoms with Gasteiger partial charge in [0.15, 0.2) is 6.23 Å². The van der Waals surface area contributed by atoms with Gasteiger partial charge in [0.25, 0.3) is 0 Å². The zero-order valence-electron chi connectivity index (χ0n) is 9.76. The lowest BCUT2D eigenvalue weighted by Gasteiger charge is -2.36. The second-order valence-electron chi connectivity index (χ2n) is 4.08. The number of carbonyl (C=O) groups is 1. The quantitative estimate of drug-likeness (QED) is 0.437. The number of hydrogen-bond acceptors (Lipinski definition) is 7. The van der Waals surface area contributed by atoms with Crippen molar-refractivity contribution in [3.63, 3.8) is 0 Å². The number of methoxy groups -OCH3 is 1. The summed E-state index contributed by atoms with van der Waals surface area (Å²) in [6, 6.07) is 0. The van der Waals surface area contributed by atoms with E-state index in [1.165, 1.54) is 24.3 Å². The van der Waals surface area contributed by atoms with Crippen LogP contribution in [0.4, 0.5) is 0 Å². The van der Waals surface area contributed by atoms with Gasteiger partial charge in [0.05, 0.1) is 6.61 Å². The highest BCUT2D eigenvalue weighted by atomic mass is 16.6. The van der Waals surface area contributed by atoms with E-state index in [2.05, 4.69) is 5.32 Å². The van der Waals surface area contributed by atoms with E-state index < -0.39 is 36.8 Å². The monoisotopic (exact) mass is 260 g/mol. The molecule has 5 unspecified atom stereocenters.